The maximum absolute atomic E-state index is 13.0. The molecule has 1 aliphatic heterocycles. The van der Waals surface area contributed by atoms with Gasteiger partial charge in [-0.2, -0.15) is 4.31 Å². The molecule has 28 heavy (non-hydrogen) atoms. The van der Waals surface area contributed by atoms with E-state index in [1.54, 1.807) is 11.3 Å². The van der Waals surface area contributed by atoms with Gasteiger partial charge >= 0.3 is 5.69 Å². The Labute approximate surface area is 165 Å². The minimum absolute atomic E-state index is 0.240. The highest BCUT2D eigenvalue weighted by Crippen LogP contribution is 2.29. The topological polar surface area (TPSA) is 97.5 Å². The van der Waals surface area contributed by atoms with E-state index in [2.05, 4.69) is 9.88 Å². The van der Waals surface area contributed by atoms with E-state index in [-0.39, 0.29) is 18.0 Å². The van der Waals surface area contributed by atoms with Crippen molar-refractivity contribution in [3.8, 4) is 0 Å². The summed E-state index contributed by atoms with van der Waals surface area (Å²) < 4.78 is 30.2. The van der Waals surface area contributed by atoms with E-state index in [0.29, 0.717) is 13.1 Å². The third-order valence-electron chi connectivity index (χ3n) is 4.82. The van der Waals surface area contributed by atoms with E-state index < -0.39 is 21.3 Å². The third kappa shape index (κ3) is 3.05. The predicted octanol–water partition coefficient (Wildman–Crippen LogP) is 0.205. The SMILES string of the molecule is Cn1cc(S(=O)(=O)N2CCN(c3nc4ccccc4s3)CC2)c(=O)n(C)c1=O. The van der Waals surface area contributed by atoms with Crippen LogP contribution >= 0.6 is 11.3 Å². The number of nitrogens with zero attached hydrogens (tertiary/aromatic N) is 5. The summed E-state index contributed by atoms with van der Waals surface area (Å²) in [5.74, 6) is 0. The van der Waals surface area contributed by atoms with E-state index >= 15 is 0 Å². The third-order valence-corrected chi connectivity index (χ3v) is 7.80. The minimum Gasteiger partial charge on any atom is -0.345 e. The molecular weight excluding hydrogens is 402 g/mol. The van der Waals surface area contributed by atoms with Crippen LogP contribution in [-0.4, -0.2) is 53.0 Å². The lowest BCUT2D eigenvalue weighted by atomic mass is 10.3. The van der Waals surface area contributed by atoms with Crippen LogP contribution in [0.3, 0.4) is 0 Å². The van der Waals surface area contributed by atoms with Crippen LogP contribution in [0.5, 0.6) is 0 Å². The zero-order chi connectivity index (χ0) is 20.1. The molecule has 0 unspecified atom stereocenters. The Kier molecular flexibility index (Phi) is 4.60. The van der Waals surface area contributed by atoms with Crippen LogP contribution in [0.1, 0.15) is 0 Å². The Morgan fingerprint density at radius 2 is 1.71 bits per heavy atom. The molecule has 0 aliphatic carbocycles. The second-order valence-corrected chi connectivity index (χ2v) is 9.52. The molecule has 1 aromatic carbocycles. The van der Waals surface area contributed by atoms with Crippen molar-refractivity contribution < 1.29 is 8.42 Å². The first kappa shape index (κ1) is 18.8. The van der Waals surface area contributed by atoms with Gasteiger partial charge in [0.1, 0.15) is 0 Å². The summed E-state index contributed by atoms with van der Waals surface area (Å²) in [5.41, 5.74) is -0.451. The van der Waals surface area contributed by atoms with Crippen LogP contribution in [0.25, 0.3) is 10.2 Å². The van der Waals surface area contributed by atoms with Crippen LogP contribution in [-0.2, 0) is 24.1 Å². The number of rotatable bonds is 3. The van der Waals surface area contributed by atoms with Crippen molar-refractivity contribution in [1.29, 1.82) is 0 Å². The van der Waals surface area contributed by atoms with E-state index in [9.17, 15) is 18.0 Å². The summed E-state index contributed by atoms with van der Waals surface area (Å²) >= 11 is 1.57. The van der Waals surface area contributed by atoms with Gasteiger partial charge in [0.05, 0.1) is 10.2 Å². The maximum Gasteiger partial charge on any atom is 0.330 e. The monoisotopic (exact) mass is 421 g/mol. The second-order valence-electron chi connectivity index (χ2n) is 6.61. The molecule has 0 radical (unpaired) electrons. The molecule has 9 nitrogen and oxygen atoms in total. The molecule has 0 spiro atoms. The van der Waals surface area contributed by atoms with Crippen molar-refractivity contribution >= 4 is 36.7 Å². The molecule has 11 heteroatoms. The lowest BCUT2D eigenvalue weighted by Gasteiger charge is -2.33. The fourth-order valence-electron chi connectivity index (χ4n) is 3.21. The number of hydrogen-bond acceptors (Lipinski definition) is 7. The van der Waals surface area contributed by atoms with Gasteiger partial charge in [-0.15, -0.1) is 0 Å². The molecule has 3 aromatic rings. The molecule has 4 rings (SSSR count). The standard InChI is InChI=1S/C17H19N5O4S2/c1-19-11-14(15(23)20(2)17(19)24)28(25,26)22-9-7-21(8-10-22)16-18-12-5-3-4-6-13(12)27-16/h3-6,11H,7-10H2,1-2H3. The zero-order valence-electron chi connectivity index (χ0n) is 15.4. The van der Waals surface area contributed by atoms with Crippen molar-refractivity contribution in [2.75, 3.05) is 31.1 Å². The van der Waals surface area contributed by atoms with Gasteiger partial charge in [-0.05, 0) is 12.1 Å². The number of benzene rings is 1. The molecule has 148 valence electrons. The van der Waals surface area contributed by atoms with Gasteiger partial charge in [0.2, 0.25) is 10.0 Å². The molecule has 1 aliphatic rings. The van der Waals surface area contributed by atoms with Crippen molar-refractivity contribution in [2.24, 2.45) is 14.1 Å². The van der Waals surface area contributed by atoms with E-state index in [1.165, 1.54) is 18.4 Å². The normalized spacial score (nSPS) is 16.0. The first-order chi connectivity index (χ1) is 13.3. The number of thiazole rings is 1. The summed E-state index contributed by atoms with van der Waals surface area (Å²) in [6, 6.07) is 7.85. The summed E-state index contributed by atoms with van der Waals surface area (Å²) in [4.78, 5) is 30.4. The molecule has 0 saturated carbocycles. The average molecular weight is 422 g/mol. The van der Waals surface area contributed by atoms with Crippen LogP contribution in [0, 0.1) is 0 Å². The summed E-state index contributed by atoms with van der Waals surface area (Å²) in [5, 5.41) is 0.858. The Balaban J connectivity index is 1.58. The van der Waals surface area contributed by atoms with Crippen LogP contribution in [0.2, 0.25) is 0 Å². The smallest absolute Gasteiger partial charge is 0.330 e. The largest absolute Gasteiger partial charge is 0.345 e. The van der Waals surface area contributed by atoms with E-state index in [1.807, 2.05) is 24.3 Å². The van der Waals surface area contributed by atoms with Gasteiger partial charge in [0.25, 0.3) is 5.56 Å². The number of para-hydroxylation sites is 1. The molecule has 0 N–H and O–H groups in total. The fourth-order valence-corrected chi connectivity index (χ4v) is 5.79. The number of aryl methyl sites for hydroxylation is 1. The number of hydrogen-bond donors (Lipinski definition) is 0. The minimum atomic E-state index is -3.99. The lowest BCUT2D eigenvalue weighted by Crippen LogP contribution is -2.50. The average Bonchev–Trinajstić information content (AvgIpc) is 3.13. The Bertz CT molecular complexity index is 1230. The highest BCUT2D eigenvalue weighted by molar-refractivity contribution is 7.89. The molecule has 2 aromatic heterocycles. The van der Waals surface area contributed by atoms with Crippen molar-refractivity contribution in [3.05, 3.63) is 51.3 Å². The zero-order valence-corrected chi connectivity index (χ0v) is 17.0. The van der Waals surface area contributed by atoms with Gasteiger partial charge in [-0.25, -0.2) is 18.2 Å². The fraction of sp³-hybridized carbons (Fsp3) is 0.353. The quantitative estimate of drug-likeness (QED) is 0.600. The maximum atomic E-state index is 13.0. The highest BCUT2D eigenvalue weighted by atomic mass is 32.2. The Morgan fingerprint density at radius 3 is 2.39 bits per heavy atom. The first-order valence-corrected chi connectivity index (χ1v) is 10.9. The second kappa shape index (κ2) is 6.83. The van der Waals surface area contributed by atoms with Crippen molar-refractivity contribution in [2.45, 2.75) is 4.90 Å². The highest BCUT2D eigenvalue weighted by Gasteiger charge is 2.32. The summed E-state index contributed by atoms with van der Waals surface area (Å²) in [6.07, 6.45) is 1.10. The van der Waals surface area contributed by atoms with E-state index in [4.69, 9.17) is 0 Å². The van der Waals surface area contributed by atoms with Gasteiger partial charge in [0.15, 0.2) is 10.0 Å². The molecule has 0 amide bonds. The molecule has 1 saturated heterocycles. The Hall–Kier alpha value is -2.50. The summed E-state index contributed by atoms with van der Waals surface area (Å²) in [7, 11) is -1.29. The number of sulfonamides is 1. The molecule has 1 fully saturated rings. The Morgan fingerprint density at radius 1 is 1.04 bits per heavy atom. The van der Waals surface area contributed by atoms with Crippen LogP contribution in [0.4, 0.5) is 5.13 Å². The van der Waals surface area contributed by atoms with Gasteiger partial charge in [-0.1, -0.05) is 23.5 Å². The molecule has 3 heterocycles. The summed E-state index contributed by atoms with van der Waals surface area (Å²) in [6.45, 7) is 1.44. The number of anilines is 1. The van der Waals surface area contributed by atoms with Crippen molar-refractivity contribution in [3.63, 3.8) is 0 Å². The van der Waals surface area contributed by atoms with Gasteiger partial charge < -0.3 is 9.47 Å². The molecular formula is C17H19N5O4S2. The van der Waals surface area contributed by atoms with Gasteiger partial charge in [0, 0.05) is 46.5 Å². The van der Waals surface area contributed by atoms with Crippen LogP contribution in [0.15, 0.2) is 44.9 Å². The lowest BCUT2D eigenvalue weighted by molar-refractivity contribution is 0.383. The van der Waals surface area contributed by atoms with Crippen molar-refractivity contribution in [1.82, 2.24) is 18.4 Å². The van der Waals surface area contributed by atoms with Gasteiger partial charge in [-0.3, -0.25) is 9.36 Å². The van der Waals surface area contributed by atoms with E-state index in [0.717, 1.165) is 30.7 Å². The first-order valence-electron chi connectivity index (χ1n) is 8.66. The number of fused-ring (bicyclic) bond motifs is 1. The molecule has 0 bridgehead atoms. The predicted molar refractivity (Wildman–Crippen MR) is 108 cm³/mol. The molecule has 0 atom stereocenters. The number of aromatic nitrogens is 3. The number of piperazine rings is 1. The van der Waals surface area contributed by atoms with Crippen LogP contribution < -0.4 is 16.1 Å².